The lowest BCUT2D eigenvalue weighted by Crippen LogP contribution is -2.48. The van der Waals surface area contributed by atoms with E-state index in [-0.39, 0.29) is 0 Å². The Morgan fingerprint density at radius 2 is 1.69 bits per heavy atom. The van der Waals surface area contributed by atoms with Crippen molar-refractivity contribution in [3.8, 4) is 0 Å². The van der Waals surface area contributed by atoms with Crippen molar-refractivity contribution in [1.82, 2.24) is 15.5 Å². The molecule has 0 spiro atoms. The monoisotopic (exact) mass is 350 g/mol. The zero-order valence-corrected chi connectivity index (χ0v) is 15.9. The van der Waals surface area contributed by atoms with E-state index >= 15 is 0 Å². The highest BCUT2D eigenvalue weighted by atomic mass is 15.2. The Kier molecular flexibility index (Phi) is 6.67. The van der Waals surface area contributed by atoms with Crippen LogP contribution in [0.15, 0.2) is 59.6 Å². The largest absolute Gasteiger partial charge is 0.354 e. The van der Waals surface area contributed by atoms with E-state index in [9.17, 15) is 0 Å². The number of guanidine groups is 1. The molecule has 1 aliphatic rings. The molecule has 1 heterocycles. The van der Waals surface area contributed by atoms with Crippen molar-refractivity contribution < 1.29 is 0 Å². The van der Waals surface area contributed by atoms with Crippen LogP contribution in [0.4, 0.5) is 0 Å². The molecular weight excluding hydrogens is 320 g/mol. The highest BCUT2D eigenvalue weighted by Gasteiger charge is 2.19. The number of nitrogens with zero attached hydrogens (tertiary/aromatic N) is 2. The number of piperidine rings is 1. The van der Waals surface area contributed by atoms with Crippen LogP contribution in [0.1, 0.15) is 29.5 Å². The van der Waals surface area contributed by atoms with Crippen molar-refractivity contribution in [1.29, 1.82) is 0 Å². The first kappa shape index (κ1) is 18.5. The third kappa shape index (κ3) is 5.60. The fourth-order valence-electron chi connectivity index (χ4n) is 3.36. The van der Waals surface area contributed by atoms with Gasteiger partial charge in [0.15, 0.2) is 5.96 Å². The van der Waals surface area contributed by atoms with Crippen LogP contribution < -0.4 is 10.6 Å². The number of hydrogen-bond donors (Lipinski definition) is 2. The second-order valence-electron chi connectivity index (χ2n) is 7.09. The first-order valence-electron chi connectivity index (χ1n) is 9.52. The van der Waals surface area contributed by atoms with Crippen LogP contribution in [0.25, 0.3) is 0 Å². The smallest absolute Gasteiger partial charge is 0.191 e. The maximum Gasteiger partial charge on any atom is 0.191 e. The molecule has 0 aliphatic carbocycles. The minimum absolute atomic E-state index is 0.492. The Hall–Kier alpha value is -2.33. The van der Waals surface area contributed by atoms with E-state index in [4.69, 9.17) is 0 Å². The molecule has 1 aliphatic heterocycles. The lowest BCUT2D eigenvalue weighted by molar-refractivity contribution is 0.198. The Balaban J connectivity index is 1.41. The average Bonchev–Trinajstić information content (AvgIpc) is 2.68. The SMILES string of the molecule is CN=C(NCc1ccc(C)cc1)NC1CCN(Cc2ccccc2)CC1. The minimum atomic E-state index is 0.492. The summed E-state index contributed by atoms with van der Waals surface area (Å²) in [5.74, 6) is 0.895. The maximum absolute atomic E-state index is 4.38. The molecular formula is C22H30N4. The van der Waals surface area contributed by atoms with E-state index in [0.29, 0.717) is 6.04 Å². The van der Waals surface area contributed by atoms with Gasteiger partial charge in [-0.3, -0.25) is 9.89 Å². The van der Waals surface area contributed by atoms with Gasteiger partial charge in [0.05, 0.1) is 0 Å². The van der Waals surface area contributed by atoms with E-state index in [2.05, 4.69) is 82.0 Å². The van der Waals surface area contributed by atoms with Crippen LogP contribution in [-0.2, 0) is 13.1 Å². The van der Waals surface area contributed by atoms with Gasteiger partial charge < -0.3 is 10.6 Å². The van der Waals surface area contributed by atoms with Crippen LogP contribution in [0.2, 0.25) is 0 Å². The van der Waals surface area contributed by atoms with E-state index in [1.165, 1.54) is 16.7 Å². The van der Waals surface area contributed by atoms with E-state index in [1.54, 1.807) is 0 Å². The van der Waals surface area contributed by atoms with Crippen LogP contribution in [0, 0.1) is 6.92 Å². The van der Waals surface area contributed by atoms with Gasteiger partial charge in [-0.2, -0.15) is 0 Å². The highest BCUT2D eigenvalue weighted by Crippen LogP contribution is 2.13. The molecule has 0 bridgehead atoms. The van der Waals surface area contributed by atoms with E-state index in [0.717, 1.165) is 45.0 Å². The summed E-state index contributed by atoms with van der Waals surface area (Å²) in [4.78, 5) is 6.92. The number of benzene rings is 2. The van der Waals surface area contributed by atoms with Gasteiger partial charge >= 0.3 is 0 Å². The fraction of sp³-hybridized carbons (Fsp3) is 0.409. The van der Waals surface area contributed by atoms with Gasteiger partial charge in [0.25, 0.3) is 0 Å². The molecule has 2 aromatic rings. The molecule has 2 N–H and O–H groups in total. The number of rotatable bonds is 5. The topological polar surface area (TPSA) is 39.7 Å². The Morgan fingerprint density at radius 3 is 2.35 bits per heavy atom. The number of hydrogen-bond acceptors (Lipinski definition) is 2. The molecule has 0 unspecified atom stereocenters. The number of aryl methyl sites for hydroxylation is 1. The molecule has 26 heavy (non-hydrogen) atoms. The van der Waals surface area contributed by atoms with Crippen LogP contribution in [0.5, 0.6) is 0 Å². The summed E-state index contributed by atoms with van der Waals surface area (Å²) in [5.41, 5.74) is 3.96. The fourth-order valence-corrected chi connectivity index (χ4v) is 3.36. The average molecular weight is 351 g/mol. The summed E-state index contributed by atoms with van der Waals surface area (Å²) >= 11 is 0. The van der Waals surface area contributed by atoms with Crippen molar-refractivity contribution in [3.63, 3.8) is 0 Å². The Morgan fingerprint density at radius 1 is 1.00 bits per heavy atom. The van der Waals surface area contributed by atoms with Crippen molar-refractivity contribution in [2.24, 2.45) is 4.99 Å². The molecule has 1 fully saturated rings. The predicted molar refractivity (Wildman–Crippen MR) is 109 cm³/mol. The predicted octanol–water partition coefficient (Wildman–Crippen LogP) is 3.32. The number of nitrogens with one attached hydrogen (secondary N) is 2. The minimum Gasteiger partial charge on any atom is -0.354 e. The molecule has 4 heteroatoms. The van der Waals surface area contributed by atoms with Gasteiger partial charge in [-0.05, 0) is 30.9 Å². The van der Waals surface area contributed by atoms with Gasteiger partial charge in [0, 0.05) is 39.3 Å². The number of aliphatic imine (C=N–C) groups is 1. The molecule has 0 radical (unpaired) electrons. The molecule has 1 saturated heterocycles. The third-order valence-corrected chi connectivity index (χ3v) is 4.98. The molecule has 2 aromatic carbocycles. The summed E-state index contributed by atoms with van der Waals surface area (Å²) in [5, 5.41) is 7.01. The normalized spacial score (nSPS) is 16.5. The molecule has 4 nitrogen and oxygen atoms in total. The van der Waals surface area contributed by atoms with Gasteiger partial charge in [-0.1, -0.05) is 60.2 Å². The molecule has 138 valence electrons. The molecule has 0 aromatic heterocycles. The lowest BCUT2D eigenvalue weighted by atomic mass is 10.0. The van der Waals surface area contributed by atoms with E-state index < -0.39 is 0 Å². The summed E-state index contributed by atoms with van der Waals surface area (Å²) in [6.07, 6.45) is 2.30. The zero-order chi connectivity index (χ0) is 18.2. The zero-order valence-electron chi connectivity index (χ0n) is 15.9. The molecule has 0 atom stereocenters. The second kappa shape index (κ2) is 9.39. The van der Waals surface area contributed by atoms with Crippen molar-refractivity contribution in [3.05, 3.63) is 71.3 Å². The first-order valence-corrected chi connectivity index (χ1v) is 9.52. The first-order chi connectivity index (χ1) is 12.7. The third-order valence-electron chi connectivity index (χ3n) is 4.98. The molecule has 3 rings (SSSR count). The molecule has 0 amide bonds. The van der Waals surface area contributed by atoms with Crippen LogP contribution in [0.3, 0.4) is 0 Å². The highest BCUT2D eigenvalue weighted by molar-refractivity contribution is 5.79. The lowest BCUT2D eigenvalue weighted by Gasteiger charge is -2.33. The Bertz CT molecular complexity index is 686. The Labute approximate surface area is 157 Å². The van der Waals surface area contributed by atoms with E-state index in [1.807, 2.05) is 7.05 Å². The van der Waals surface area contributed by atoms with Crippen LogP contribution >= 0.6 is 0 Å². The quantitative estimate of drug-likeness (QED) is 0.642. The van der Waals surface area contributed by atoms with Gasteiger partial charge in [-0.15, -0.1) is 0 Å². The van der Waals surface area contributed by atoms with Gasteiger partial charge in [0.1, 0.15) is 0 Å². The standard InChI is InChI=1S/C22H30N4/c1-18-8-10-19(11-9-18)16-24-22(23-2)25-21-12-14-26(15-13-21)17-20-6-4-3-5-7-20/h3-11,21H,12-17H2,1-2H3,(H2,23,24,25). The summed E-state index contributed by atoms with van der Waals surface area (Å²) in [6, 6.07) is 19.9. The van der Waals surface area contributed by atoms with Gasteiger partial charge in [-0.25, -0.2) is 0 Å². The van der Waals surface area contributed by atoms with Crippen molar-refractivity contribution in [2.75, 3.05) is 20.1 Å². The maximum atomic E-state index is 4.38. The van der Waals surface area contributed by atoms with Crippen molar-refractivity contribution >= 4 is 5.96 Å². The van der Waals surface area contributed by atoms with Crippen LogP contribution in [-0.4, -0.2) is 37.0 Å². The molecule has 0 saturated carbocycles. The summed E-state index contributed by atoms with van der Waals surface area (Å²) in [6.45, 7) is 6.21. The summed E-state index contributed by atoms with van der Waals surface area (Å²) < 4.78 is 0. The number of likely N-dealkylation sites (tertiary alicyclic amines) is 1. The second-order valence-corrected chi connectivity index (χ2v) is 7.09. The van der Waals surface area contributed by atoms with Gasteiger partial charge in [0.2, 0.25) is 0 Å². The summed E-state index contributed by atoms with van der Waals surface area (Å²) in [7, 11) is 1.84. The van der Waals surface area contributed by atoms with Crippen molar-refractivity contribution in [2.45, 2.75) is 38.9 Å².